The molecule has 1 aromatic rings. The highest BCUT2D eigenvalue weighted by Gasteiger charge is 2.35. The summed E-state index contributed by atoms with van der Waals surface area (Å²) >= 11 is 0. The second kappa shape index (κ2) is 4.64. The van der Waals surface area contributed by atoms with Crippen molar-refractivity contribution in [1.29, 1.82) is 0 Å². The first kappa shape index (κ1) is 12.3. The summed E-state index contributed by atoms with van der Waals surface area (Å²) in [6.07, 6.45) is 0.955. The Morgan fingerprint density at radius 2 is 2.39 bits per heavy atom. The Morgan fingerprint density at radius 3 is 3.06 bits per heavy atom. The van der Waals surface area contributed by atoms with E-state index in [0.717, 1.165) is 0 Å². The fourth-order valence-corrected chi connectivity index (χ4v) is 1.82. The summed E-state index contributed by atoms with van der Waals surface area (Å²) in [5.41, 5.74) is 0. The summed E-state index contributed by atoms with van der Waals surface area (Å²) < 4.78 is 5.52. The van der Waals surface area contributed by atoms with Crippen LogP contribution in [0, 0.1) is 5.92 Å². The maximum atomic E-state index is 12.0. The molecule has 1 amide bonds. The molecule has 18 heavy (non-hydrogen) atoms. The molecule has 96 valence electrons. The molecular weight excluding hydrogens is 236 g/mol. The number of ether oxygens (including phenoxy) is 1. The van der Waals surface area contributed by atoms with E-state index < -0.39 is 18.0 Å². The Bertz CT molecular complexity index is 489. The molecule has 2 rings (SSSR count). The summed E-state index contributed by atoms with van der Waals surface area (Å²) in [6, 6.07) is 3.42. The Kier molecular flexibility index (Phi) is 3.18. The van der Waals surface area contributed by atoms with Gasteiger partial charge in [-0.1, -0.05) is 6.92 Å². The largest absolute Gasteiger partial charge is 0.481 e. The number of pyridine rings is 1. The molecule has 1 aromatic heterocycles. The van der Waals surface area contributed by atoms with Gasteiger partial charge in [-0.25, -0.2) is 4.98 Å². The van der Waals surface area contributed by atoms with Gasteiger partial charge in [0.1, 0.15) is 0 Å². The average Bonchev–Trinajstić information content (AvgIpc) is 2.35. The summed E-state index contributed by atoms with van der Waals surface area (Å²) in [4.78, 5) is 28.3. The van der Waals surface area contributed by atoms with Crippen molar-refractivity contribution in [3.8, 4) is 5.75 Å². The zero-order valence-corrected chi connectivity index (χ0v) is 10.2. The van der Waals surface area contributed by atoms with Crippen LogP contribution in [-0.2, 0) is 9.59 Å². The van der Waals surface area contributed by atoms with E-state index in [1.165, 1.54) is 4.90 Å². The third-order valence-corrected chi connectivity index (χ3v) is 2.93. The van der Waals surface area contributed by atoms with E-state index in [9.17, 15) is 9.59 Å². The number of anilines is 1. The fourth-order valence-electron chi connectivity index (χ4n) is 1.82. The van der Waals surface area contributed by atoms with Gasteiger partial charge in [-0.3, -0.25) is 14.5 Å². The van der Waals surface area contributed by atoms with Crippen LogP contribution < -0.4 is 9.64 Å². The van der Waals surface area contributed by atoms with Crippen LogP contribution in [0.15, 0.2) is 18.3 Å². The van der Waals surface area contributed by atoms with Gasteiger partial charge in [0.25, 0.3) is 5.91 Å². The molecule has 0 fully saturated rings. The highest BCUT2D eigenvalue weighted by molar-refractivity contribution is 5.98. The van der Waals surface area contributed by atoms with Gasteiger partial charge in [-0.15, -0.1) is 0 Å². The van der Waals surface area contributed by atoms with Gasteiger partial charge >= 0.3 is 5.97 Å². The van der Waals surface area contributed by atoms with Crippen molar-refractivity contribution in [2.45, 2.75) is 19.4 Å². The van der Waals surface area contributed by atoms with Crippen molar-refractivity contribution in [1.82, 2.24) is 4.98 Å². The Morgan fingerprint density at radius 1 is 1.67 bits per heavy atom. The minimum absolute atomic E-state index is 0.146. The van der Waals surface area contributed by atoms with Crippen molar-refractivity contribution in [2.75, 3.05) is 11.9 Å². The summed E-state index contributed by atoms with van der Waals surface area (Å²) in [7, 11) is 1.61. The molecule has 0 radical (unpaired) electrons. The minimum Gasteiger partial charge on any atom is -0.481 e. The zero-order valence-electron chi connectivity index (χ0n) is 10.2. The number of carboxylic acid groups (broad SMARTS) is 1. The van der Waals surface area contributed by atoms with Crippen LogP contribution in [0.3, 0.4) is 0 Å². The number of hydrogen-bond donors (Lipinski definition) is 1. The lowest BCUT2D eigenvalue weighted by atomic mass is 10.0. The van der Waals surface area contributed by atoms with Gasteiger partial charge in [-0.05, 0) is 12.1 Å². The molecule has 0 aromatic carbocycles. The lowest BCUT2D eigenvalue weighted by Gasteiger charge is -2.31. The van der Waals surface area contributed by atoms with E-state index in [-0.39, 0.29) is 12.3 Å². The van der Waals surface area contributed by atoms with E-state index in [2.05, 4.69) is 4.98 Å². The van der Waals surface area contributed by atoms with Gasteiger partial charge in [-0.2, -0.15) is 0 Å². The third-order valence-electron chi connectivity index (χ3n) is 2.93. The molecule has 1 aliphatic rings. The number of amides is 1. The zero-order chi connectivity index (χ0) is 13.3. The van der Waals surface area contributed by atoms with Crippen LogP contribution in [-0.4, -0.2) is 35.1 Å². The number of aliphatic carboxylic acids is 1. The van der Waals surface area contributed by atoms with E-state index in [1.807, 2.05) is 0 Å². The number of carbonyl (C=O) groups excluding carboxylic acids is 1. The molecule has 0 saturated carbocycles. The molecule has 2 unspecified atom stereocenters. The first-order valence-electron chi connectivity index (χ1n) is 5.62. The number of fused-ring (bicyclic) bond motifs is 1. The normalized spacial score (nSPS) is 20.0. The lowest BCUT2D eigenvalue weighted by Crippen LogP contribution is -2.45. The average molecular weight is 250 g/mol. The lowest BCUT2D eigenvalue weighted by molar-refractivity contribution is -0.142. The topological polar surface area (TPSA) is 79.7 Å². The highest BCUT2D eigenvalue weighted by Crippen LogP contribution is 2.31. The van der Waals surface area contributed by atoms with Crippen molar-refractivity contribution < 1.29 is 19.4 Å². The van der Waals surface area contributed by atoms with Gasteiger partial charge in [0.2, 0.25) is 0 Å². The van der Waals surface area contributed by atoms with Crippen molar-refractivity contribution >= 4 is 17.7 Å². The molecule has 6 nitrogen and oxygen atoms in total. The molecule has 0 bridgehead atoms. The monoisotopic (exact) mass is 250 g/mol. The molecule has 1 N–H and O–H groups in total. The second-order valence-corrected chi connectivity index (χ2v) is 4.30. The summed E-state index contributed by atoms with van der Waals surface area (Å²) in [6.45, 7) is 1.55. The highest BCUT2D eigenvalue weighted by atomic mass is 16.5. The number of likely N-dealkylation sites (N-methyl/N-ethyl adjacent to an activating group) is 1. The number of rotatable bonds is 3. The van der Waals surface area contributed by atoms with Gasteiger partial charge in [0.15, 0.2) is 17.7 Å². The first-order valence-corrected chi connectivity index (χ1v) is 5.62. The smallest absolute Gasteiger partial charge is 0.306 e. The van der Waals surface area contributed by atoms with Crippen LogP contribution >= 0.6 is 0 Å². The second-order valence-electron chi connectivity index (χ2n) is 4.30. The molecule has 0 spiro atoms. The van der Waals surface area contributed by atoms with Crippen LogP contribution in [0.2, 0.25) is 0 Å². The van der Waals surface area contributed by atoms with Crippen LogP contribution in [0.5, 0.6) is 5.75 Å². The minimum atomic E-state index is -0.939. The number of aromatic nitrogens is 1. The third kappa shape index (κ3) is 2.13. The van der Waals surface area contributed by atoms with Crippen LogP contribution in [0.4, 0.5) is 5.82 Å². The molecule has 0 aliphatic carbocycles. The predicted octanol–water partition coefficient (Wildman–Crippen LogP) is 0.916. The number of nitrogens with zero attached hydrogens (tertiary/aromatic N) is 2. The standard InChI is InChI=1S/C12H14N2O4/c1-7(12(16)17)6-9-11(15)14(2)10-8(18-9)4-3-5-13-10/h3-5,7,9H,6H2,1-2H3,(H,16,17). The fraction of sp³-hybridized carbons (Fsp3) is 0.417. The van der Waals surface area contributed by atoms with Gasteiger partial charge in [0.05, 0.1) is 5.92 Å². The van der Waals surface area contributed by atoms with E-state index in [0.29, 0.717) is 11.6 Å². The molecule has 2 atom stereocenters. The Hall–Kier alpha value is -2.11. The van der Waals surface area contributed by atoms with Gasteiger partial charge in [0, 0.05) is 19.7 Å². The van der Waals surface area contributed by atoms with Crippen LogP contribution in [0.1, 0.15) is 13.3 Å². The van der Waals surface area contributed by atoms with E-state index >= 15 is 0 Å². The maximum Gasteiger partial charge on any atom is 0.306 e. The van der Waals surface area contributed by atoms with Crippen molar-refractivity contribution in [2.24, 2.45) is 5.92 Å². The molecule has 2 heterocycles. The van der Waals surface area contributed by atoms with E-state index in [4.69, 9.17) is 9.84 Å². The summed E-state index contributed by atoms with van der Waals surface area (Å²) in [5, 5.41) is 8.87. The quantitative estimate of drug-likeness (QED) is 0.862. The predicted molar refractivity (Wildman–Crippen MR) is 63.5 cm³/mol. The van der Waals surface area contributed by atoms with Gasteiger partial charge < -0.3 is 9.84 Å². The number of hydrogen-bond acceptors (Lipinski definition) is 4. The Labute approximate surface area is 104 Å². The molecule has 1 aliphatic heterocycles. The summed E-state index contributed by atoms with van der Waals surface area (Å²) in [5.74, 6) is -0.880. The SMILES string of the molecule is CC(CC1Oc2cccnc2N(C)C1=O)C(=O)O. The van der Waals surface area contributed by atoms with Crippen LogP contribution in [0.25, 0.3) is 0 Å². The molecule has 6 heteroatoms. The first-order chi connectivity index (χ1) is 8.50. The molecule has 0 saturated heterocycles. The van der Waals surface area contributed by atoms with E-state index in [1.54, 1.807) is 32.3 Å². The number of carbonyl (C=O) groups is 2. The molecular formula is C12H14N2O4. The van der Waals surface area contributed by atoms with Crippen molar-refractivity contribution in [3.63, 3.8) is 0 Å². The van der Waals surface area contributed by atoms with Crippen molar-refractivity contribution in [3.05, 3.63) is 18.3 Å². The Balaban J connectivity index is 2.22. The maximum absolute atomic E-state index is 12.0. The number of carboxylic acids is 1.